The molecule has 0 aliphatic rings. The first-order chi connectivity index (χ1) is 10.1. The van der Waals surface area contributed by atoms with E-state index < -0.39 is 0 Å². The van der Waals surface area contributed by atoms with Crippen LogP contribution in [0.1, 0.15) is 17.0 Å². The Morgan fingerprint density at radius 2 is 2.19 bits per heavy atom. The summed E-state index contributed by atoms with van der Waals surface area (Å²) in [5.41, 5.74) is 4.47. The smallest absolute Gasteiger partial charge is 0.228 e. The Balaban J connectivity index is 1.82. The lowest BCUT2D eigenvalue weighted by Gasteiger charge is -2.06. The van der Waals surface area contributed by atoms with Crippen molar-refractivity contribution in [2.24, 2.45) is 7.05 Å². The number of aryl methyl sites for hydroxylation is 2. The summed E-state index contributed by atoms with van der Waals surface area (Å²) >= 11 is 0. The Bertz CT molecular complexity index is 815. The normalized spacial score (nSPS) is 11.0. The highest BCUT2D eigenvalue weighted by molar-refractivity contribution is 6.00. The average molecular weight is 283 g/mol. The number of H-pyrrole nitrogens is 1. The molecule has 0 atom stereocenters. The number of amides is 1. The number of anilines is 1. The highest BCUT2D eigenvalue weighted by atomic mass is 16.1. The lowest BCUT2D eigenvalue weighted by atomic mass is 10.1. The molecule has 0 radical (unpaired) electrons. The molecule has 0 saturated heterocycles. The van der Waals surface area contributed by atoms with Gasteiger partial charge >= 0.3 is 0 Å². The van der Waals surface area contributed by atoms with Crippen molar-refractivity contribution in [2.45, 2.75) is 20.3 Å². The molecule has 0 spiro atoms. The summed E-state index contributed by atoms with van der Waals surface area (Å²) in [5.74, 6) is -0.0590. The summed E-state index contributed by atoms with van der Waals surface area (Å²) in [7, 11) is 1.88. The van der Waals surface area contributed by atoms with Crippen LogP contribution in [0.25, 0.3) is 10.9 Å². The summed E-state index contributed by atoms with van der Waals surface area (Å²) in [4.78, 5) is 12.3. The molecule has 0 fully saturated rings. The lowest BCUT2D eigenvalue weighted by molar-refractivity contribution is -0.115. The van der Waals surface area contributed by atoms with Crippen molar-refractivity contribution in [1.29, 1.82) is 0 Å². The van der Waals surface area contributed by atoms with Gasteiger partial charge in [-0.15, -0.1) is 0 Å². The van der Waals surface area contributed by atoms with Crippen molar-refractivity contribution in [3.8, 4) is 0 Å². The summed E-state index contributed by atoms with van der Waals surface area (Å²) in [6, 6.07) is 5.71. The van der Waals surface area contributed by atoms with Crippen LogP contribution in [0.5, 0.6) is 0 Å². The van der Waals surface area contributed by atoms with E-state index in [1.165, 1.54) is 0 Å². The second kappa shape index (κ2) is 5.05. The van der Waals surface area contributed by atoms with Gasteiger partial charge in [0.25, 0.3) is 0 Å². The van der Waals surface area contributed by atoms with Gasteiger partial charge < -0.3 is 5.32 Å². The van der Waals surface area contributed by atoms with Crippen LogP contribution in [-0.4, -0.2) is 25.9 Å². The molecule has 3 rings (SSSR count). The maximum atomic E-state index is 12.3. The fourth-order valence-corrected chi connectivity index (χ4v) is 2.50. The lowest BCUT2D eigenvalue weighted by Crippen LogP contribution is -2.15. The molecule has 6 nitrogen and oxygen atoms in total. The van der Waals surface area contributed by atoms with E-state index in [0.29, 0.717) is 6.42 Å². The molecule has 2 N–H and O–H groups in total. The summed E-state index contributed by atoms with van der Waals surface area (Å²) < 4.78 is 1.80. The van der Waals surface area contributed by atoms with Crippen LogP contribution in [0.4, 0.5) is 5.69 Å². The van der Waals surface area contributed by atoms with Crippen molar-refractivity contribution >= 4 is 22.5 Å². The van der Waals surface area contributed by atoms with E-state index in [9.17, 15) is 4.79 Å². The van der Waals surface area contributed by atoms with Crippen LogP contribution in [0.2, 0.25) is 0 Å². The van der Waals surface area contributed by atoms with Crippen molar-refractivity contribution in [1.82, 2.24) is 20.0 Å². The van der Waals surface area contributed by atoms with Gasteiger partial charge in [-0.25, -0.2) is 0 Å². The number of carbonyl (C=O) groups is 1. The Hall–Kier alpha value is -2.63. The third kappa shape index (κ3) is 2.40. The number of hydrogen-bond donors (Lipinski definition) is 2. The molecule has 1 amide bonds. The fourth-order valence-electron chi connectivity index (χ4n) is 2.50. The highest BCUT2D eigenvalue weighted by Gasteiger charge is 2.14. The molecule has 2 heterocycles. The number of nitrogens with zero attached hydrogens (tertiary/aromatic N) is 3. The molecule has 0 aliphatic heterocycles. The summed E-state index contributed by atoms with van der Waals surface area (Å²) in [6.07, 6.45) is 2.05. The molecule has 2 aromatic heterocycles. The second-order valence-electron chi connectivity index (χ2n) is 5.14. The van der Waals surface area contributed by atoms with Crippen LogP contribution in [0.15, 0.2) is 24.4 Å². The van der Waals surface area contributed by atoms with Gasteiger partial charge in [-0.1, -0.05) is 12.1 Å². The Morgan fingerprint density at radius 1 is 1.38 bits per heavy atom. The zero-order valence-electron chi connectivity index (χ0n) is 12.3. The predicted octanol–water partition coefficient (Wildman–Crippen LogP) is 2.09. The number of carbonyl (C=O) groups excluding carboxylic acids is 1. The van der Waals surface area contributed by atoms with Gasteiger partial charge in [0.2, 0.25) is 5.91 Å². The number of hydrogen-bond acceptors (Lipinski definition) is 3. The number of nitrogens with one attached hydrogen (secondary N) is 2. The van der Waals surface area contributed by atoms with E-state index in [4.69, 9.17) is 0 Å². The maximum absolute atomic E-state index is 12.3. The molecule has 1 aromatic carbocycles. The largest absolute Gasteiger partial charge is 0.324 e. The number of rotatable bonds is 3. The molecular weight excluding hydrogens is 266 g/mol. The third-order valence-corrected chi connectivity index (χ3v) is 3.75. The van der Waals surface area contributed by atoms with Gasteiger partial charge in [0.15, 0.2) is 0 Å². The zero-order chi connectivity index (χ0) is 15.0. The number of aromatic nitrogens is 4. The van der Waals surface area contributed by atoms with Gasteiger partial charge in [0.05, 0.1) is 29.5 Å². The van der Waals surface area contributed by atoms with E-state index in [2.05, 4.69) is 20.6 Å². The average Bonchev–Trinajstić information content (AvgIpc) is 3.00. The van der Waals surface area contributed by atoms with E-state index in [1.807, 2.05) is 39.1 Å². The van der Waals surface area contributed by atoms with Crippen LogP contribution in [0, 0.1) is 13.8 Å². The first kappa shape index (κ1) is 13.4. The van der Waals surface area contributed by atoms with Crippen LogP contribution in [-0.2, 0) is 18.3 Å². The standard InChI is InChI=1S/C15H17N5O/c1-9-12(10(2)20(3)19-9)7-14(21)17-13-6-4-5-11-8-16-18-15(11)13/h4-6,8H,7H2,1-3H3,(H,16,18)(H,17,21). The van der Waals surface area contributed by atoms with E-state index in [0.717, 1.165) is 33.5 Å². The van der Waals surface area contributed by atoms with Gasteiger partial charge in [-0.2, -0.15) is 10.2 Å². The molecule has 0 unspecified atom stereocenters. The number of fused-ring (bicyclic) bond motifs is 1. The van der Waals surface area contributed by atoms with E-state index >= 15 is 0 Å². The maximum Gasteiger partial charge on any atom is 0.228 e. The second-order valence-corrected chi connectivity index (χ2v) is 5.14. The molecule has 0 saturated carbocycles. The molecule has 108 valence electrons. The summed E-state index contributed by atoms with van der Waals surface area (Å²) in [5, 5.41) is 15.1. The summed E-state index contributed by atoms with van der Waals surface area (Å²) in [6.45, 7) is 3.89. The zero-order valence-corrected chi connectivity index (χ0v) is 12.3. The number of para-hydroxylation sites is 1. The van der Waals surface area contributed by atoms with Crippen LogP contribution < -0.4 is 5.32 Å². The number of aromatic amines is 1. The minimum absolute atomic E-state index is 0.0590. The molecule has 21 heavy (non-hydrogen) atoms. The molecule has 3 aromatic rings. The predicted molar refractivity (Wildman–Crippen MR) is 81.1 cm³/mol. The SMILES string of the molecule is Cc1nn(C)c(C)c1CC(=O)Nc1cccc2cn[nH]c12. The molecule has 0 aliphatic carbocycles. The van der Waals surface area contributed by atoms with Crippen LogP contribution in [0.3, 0.4) is 0 Å². The molecule has 0 bridgehead atoms. The van der Waals surface area contributed by atoms with Gasteiger partial charge in [-0.3, -0.25) is 14.6 Å². The topological polar surface area (TPSA) is 75.6 Å². The Kier molecular flexibility index (Phi) is 3.21. The van der Waals surface area contributed by atoms with Gasteiger partial charge in [0.1, 0.15) is 0 Å². The van der Waals surface area contributed by atoms with Gasteiger partial charge in [0, 0.05) is 23.7 Å². The Labute approximate surface area is 122 Å². The minimum Gasteiger partial charge on any atom is -0.324 e. The van der Waals surface area contributed by atoms with Crippen molar-refractivity contribution in [2.75, 3.05) is 5.32 Å². The first-order valence-corrected chi connectivity index (χ1v) is 6.77. The first-order valence-electron chi connectivity index (χ1n) is 6.77. The van der Waals surface area contributed by atoms with Crippen molar-refractivity contribution < 1.29 is 4.79 Å². The fraction of sp³-hybridized carbons (Fsp3) is 0.267. The minimum atomic E-state index is -0.0590. The third-order valence-electron chi connectivity index (χ3n) is 3.75. The highest BCUT2D eigenvalue weighted by Crippen LogP contribution is 2.21. The van der Waals surface area contributed by atoms with Gasteiger partial charge in [-0.05, 0) is 19.9 Å². The van der Waals surface area contributed by atoms with Crippen molar-refractivity contribution in [3.63, 3.8) is 0 Å². The molecular formula is C15H17N5O. The van der Waals surface area contributed by atoms with Crippen molar-refractivity contribution in [3.05, 3.63) is 41.3 Å². The van der Waals surface area contributed by atoms with E-state index in [-0.39, 0.29) is 5.91 Å². The van der Waals surface area contributed by atoms with Crippen LogP contribution >= 0.6 is 0 Å². The molecule has 6 heteroatoms. The number of benzene rings is 1. The monoisotopic (exact) mass is 283 g/mol. The Morgan fingerprint density at radius 3 is 2.90 bits per heavy atom. The quantitative estimate of drug-likeness (QED) is 0.773. The van der Waals surface area contributed by atoms with E-state index in [1.54, 1.807) is 10.9 Å².